The summed E-state index contributed by atoms with van der Waals surface area (Å²) in [4.78, 5) is 42.7. The molecule has 0 bridgehead atoms. The maximum Gasteiger partial charge on any atom is 0.299 e. The summed E-state index contributed by atoms with van der Waals surface area (Å²) in [6, 6.07) is 14.6. The van der Waals surface area contributed by atoms with E-state index in [1.807, 2.05) is 30.3 Å². The molecule has 0 radical (unpaired) electrons. The highest BCUT2D eigenvalue weighted by molar-refractivity contribution is 6.23. The summed E-state index contributed by atoms with van der Waals surface area (Å²) in [5.41, 5.74) is -1.86. The number of rotatable bonds is 0. The minimum Gasteiger partial charge on any atom is -0.349 e. The van der Waals surface area contributed by atoms with E-state index in [0.29, 0.717) is 22.5 Å². The molecule has 0 aromatic heterocycles. The van der Waals surface area contributed by atoms with Crippen molar-refractivity contribution in [2.45, 2.75) is 67.8 Å². The number of anilines is 2. The Labute approximate surface area is 195 Å². The van der Waals surface area contributed by atoms with Gasteiger partial charge in [-0.15, -0.1) is 0 Å². The highest BCUT2D eigenvalue weighted by Crippen LogP contribution is 2.82. The van der Waals surface area contributed by atoms with Gasteiger partial charge in [0.25, 0.3) is 11.8 Å². The summed E-state index contributed by atoms with van der Waals surface area (Å²) in [6.07, 6.45) is 3.26. The van der Waals surface area contributed by atoms with Crippen LogP contribution in [0.15, 0.2) is 48.5 Å². The lowest BCUT2D eigenvalue weighted by Crippen LogP contribution is -2.88. The maximum absolute atomic E-state index is 14.2. The SMILES string of the molecule is CC(=O)N1C(=O)[C@]2(O[C@]34OC5(CC5)C5(CC5)OC32c2ccccc2N4C(C)=O)c2ccccc21. The number of hydrogen-bond donors (Lipinski definition) is 0. The van der Waals surface area contributed by atoms with Crippen LogP contribution in [0.2, 0.25) is 0 Å². The number of imide groups is 1. The third-order valence-electron chi connectivity index (χ3n) is 8.63. The molecule has 4 aliphatic heterocycles. The van der Waals surface area contributed by atoms with E-state index in [9.17, 15) is 14.4 Å². The van der Waals surface area contributed by atoms with Crippen molar-refractivity contribution in [3.8, 4) is 0 Å². The number of amides is 3. The minimum atomic E-state index is -1.65. The van der Waals surface area contributed by atoms with E-state index in [0.717, 1.165) is 30.6 Å². The molecule has 34 heavy (non-hydrogen) atoms. The monoisotopic (exact) mass is 458 g/mol. The van der Waals surface area contributed by atoms with Crippen LogP contribution in [-0.4, -0.2) is 34.8 Å². The number of hydrogen-bond acceptors (Lipinski definition) is 6. The molecule has 4 heterocycles. The standard InChI is InChI=1S/C26H22N2O6/c1-15(29)27-19-9-5-3-7-17(19)24(21(27)31)25-18-8-4-6-10-20(18)28(16(2)30)26(25,34-24)33-23(13-14-23)22(32-25)11-12-22/h3-10H,11-14H2,1-2H3/t24-,25?,26-/m1/s1. The van der Waals surface area contributed by atoms with E-state index < -0.39 is 40.1 Å². The Bertz CT molecular complexity index is 1380. The molecule has 3 atom stereocenters. The first-order chi connectivity index (χ1) is 16.3. The number of ether oxygens (including phenoxy) is 3. The van der Waals surface area contributed by atoms with Crippen LogP contribution in [0.1, 0.15) is 50.7 Å². The second-order valence-corrected chi connectivity index (χ2v) is 10.3. The summed E-state index contributed by atoms with van der Waals surface area (Å²) in [5.74, 6) is -2.80. The molecule has 2 aliphatic carbocycles. The topological polar surface area (TPSA) is 85.4 Å². The molecule has 3 spiro atoms. The molecule has 172 valence electrons. The summed E-state index contributed by atoms with van der Waals surface area (Å²) in [6.45, 7) is 2.83. The van der Waals surface area contributed by atoms with Gasteiger partial charge in [-0.1, -0.05) is 36.4 Å². The lowest BCUT2D eigenvalue weighted by atomic mass is 9.66. The summed E-state index contributed by atoms with van der Waals surface area (Å²) >= 11 is 0. The largest absolute Gasteiger partial charge is 0.349 e. The first-order valence-electron chi connectivity index (χ1n) is 11.7. The number of para-hydroxylation sites is 2. The van der Waals surface area contributed by atoms with Gasteiger partial charge in [0.2, 0.25) is 23.0 Å². The van der Waals surface area contributed by atoms with Gasteiger partial charge in [0.05, 0.1) is 17.0 Å². The Morgan fingerprint density at radius 2 is 1.35 bits per heavy atom. The van der Waals surface area contributed by atoms with Gasteiger partial charge in [-0.3, -0.25) is 19.3 Å². The number of carbonyl (C=O) groups excluding carboxylic acids is 3. The summed E-state index contributed by atoms with van der Waals surface area (Å²) in [7, 11) is 0. The zero-order chi connectivity index (χ0) is 23.3. The first kappa shape index (κ1) is 19.3. The van der Waals surface area contributed by atoms with Gasteiger partial charge in [0.15, 0.2) is 0 Å². The molecular weight excluding hydrogens is 436 g/mol. The Balaban J connectivity index is 1.47. The fourth-order valence-corrected chi connectivity index (χ4v) is 7.11. The third-order valence-corrected chi connectivity index (χ3v) is 8.63. The van der Waals surface area contributed by atoms with E-state index >= 15 is 0 Å². The van der Waals surface area contributed by atoms with Gasteiger partial charge in [-0.25, -0.2) is 4.90 Å². The van der Waals surface area contributed by atoms with Gasteiger partial charge in [0, 0.05) is 25.0 Å². The molecule has 4 fully saturated rings. The van der Waals surface area contributed by atoms with Gasteiger partial charge in [0.1, 0.15) is 5.60 Å². The Morgan fingerprint density at radius 3 is 1.97 bits per heavy atom. The Kier molecular flexibility index (Phi) is 2.99. The molecule has 2 aromatic rings. The average molecular weight is 458 g/mol. The van der Waals surface area contributed by atoms with Crippen LogP contribution in [-0.2, 0) is 39.8 Å². The third kappa shape index (κ3) is 1.62. The molecule has 8 nitrogen and oxygen atoms in total. The van der Waals surface area contributed by atoms with Crippen molar-refractivity contribution in [3.05, 3.63) is 59.7 Å². The maximum atomic E-state index is 14.2. The van der Waals surface area contributed by atoms with Crippen molar-refractivity contribution in [1.82, 2.24) is 0 Å². The molecule has 1 unspecified atom stereocenters. The predicted molar refractivity (Wildman–Crippen MR) is 117 cm³/mol. The van der Waals surface area contributed by atoms with Gasteiger partial charge < -0.3 is 14.2 Å². The van der Waals surface area contributed by atoms with Crippen molar-refractivity contribution in [1.29, 1.82) is 0 Å². The molecule has 8 rings (SSSR count). The molecular formula is C26H22N2O6. The molecule has 2 aromatic carbocycles. The van der Waals surface area contributed by atoms with Crippen LogP contribution in [0.3, 0.4) is 0 Å². The van der Waals surface area contributed by atoms with Crippen LogP contribution < -0.4 is 9.80 Å². The van der Waals surface area contributed by atoms with E-state index in [-0.39, 0.29) is 5.91 Å². The fraction of sp³-hybridized carbons (Fsp3) is 0.423. The zero-order valence-electron chi connectivity index (χ0n) is 18.8. The van der Waals surface area contributed by atoms with Crippen molar-refractivity contribution in [2.75, 3.05) is 9.80 Å². The van der Waals surface area contributed by atoms with E-state index in [1.165, 1.54) is 18.7 Å². The quantitative estimate of drug-likeness (QED) is 0.604. The molecule has 8 heteroatoms. The lowest BCUT2D eigenvalue weighted by Gasteiger charge is -2.68. The van der Waals surface area contributed by atoms with Crippen LogP contribution in [0.25, 0.3) is 0 Å². The minimum absolute atomic E-state index is 0.266. The van der Waals surface area contributed by atoms with E-state index in [2.05, 4.69) is 0 Å². The predicted octanol–water partition coefficient (Wildman–Crippen LogP) is 2.83. The Hall–Kier alpha value is -3.07. The van der Waals surface area contributed by atoms with Crippen LogP contribution >= 0.6 is 0 Å². The van der Waals surface area contributed by atoms with Crippen LogP contribution in [0, 0.1) is 0 Å². The second-order valence-electron chi connectivity index (χ2n) is 10.3. The smallest absolute Gasteiger partial charge is 0.299 e. The van der Waals surface area contributed by atoms with Gasteiger partial charge >= 0.3 is 0 Å². The number of carbonyl (C=O) groups is 3. The molecule has 2 saturated heterocycles. The van der Waals surface area contributed by atoms with E-state index in [4.69, 9.17) is 14.2 Å². The number of nitrogens with zero attached hydrogens (tertiary/aromatic N) is 2. The van der Waals surface area contributed by atoms with Gasteiger partial charge in [-0.05, 0) is 37.8 Å². The number of benzene rings is 2. The van der Waals surface area contributed by atoms with Gasteiger partial charge in [-0.2, -0.15) is 0 Å². The molecule has 3 amide bonds. The Morgan fingerprint density at radius 1 is 0.765 bits per heavy atom. The average Bonchev–Trinajstić information content (AvgIpc) is 3.70. The van der Waals surface area contributed by atoms with Crippen molar-refractivity contribution in [2.24, 2.45) is 0 Å². The first-order valence-corrected chi connectivity index (χ1v) is 11.7. The van der Waals surface area contributed by atoms with Crippen molar-refractivity contribution in [3.63, 3.8) is 0 Å². The number of fused-ring (bicyclic) bond motifs is 4. The zero-order valence-corrected chi connectivity index (χ0v) is 18.8. The van der Waals surface area contributed by atoms with Crippen LogP contribution in [0.5, 0.6) is 0 Å². The van der Waals surface area contributed by atoms with E-state index in [1.54, 1.807) is 18.2 Å². The second kappa shape index (κ2) is 5.27. The molecule has 0 N–H and O–H groups in total. The molecule has 6 aliphatic rings. The molecule has 2 saturated carbocycles. The van der Waals surface area contributed by atoms with Crippen molar-refractivity contribution < 1.29 is 28.6 Å². The normalized spacial score (nSPS) is 36.1. The fourth-order valence-electron chi connectivity index (χ4n) is 7.11. The van der Waals surface area contributed by atoms with Crippen molar-refractivity contribution >= 4 is 29.1 Å². The highest BCUT2D eigenvalue weighted by atomic mass is 16.8. The lowest BCUT2D eigenvalue weighted by molar-refractivity contribution is -0.539. The summed E-state index contributed by atoms with van der Waals surface area (Å²) in [5, 5.41) is 0. The highest BCUT2D eigenvalue weighted by Gasteiger charge is 2.97. The summed E-state index contributed by atoms with van der Waals surface area (Å²) < 4.78 is 20.7. The van der Waals surface area contributed by atoms with Crippen LogP contribution in [0.4, 0.5) is 11.4 Å².